The molecule has 8 heteroatoms. The summed E-state index contributed by atoms with van der Waals surface area (Å²) in [4.78, 5) is 19.8. The van der Waals surface area contributed by atoms with Crippen molar-refractivity contribution in [2.45, 2.75) is 26.2 Å². The van der Waals surface area contributed by atoms with Crippen LogP contribution in [0.2, 0.25) is 0 Å². The number of benzene rings is 1. The van der Waals surface area contributed by atoms with E-state index < -0.39 is 0 Å². The molecule has 1 saturated heterocycles. The zero-order valence-electron chi connectivity index (χ0n) is 17.5. The smallest absolute Gasteiger partial charge is 0.323 e. The summed E-state index contributed by atoms with van der Waals surface area (Å²) in [6.45, 7) is 4.03. The minimum atomic E-state index is -0.133. The fourth-order valence-corrected chi connectivity index (χ4v) is 4.22. The van der Waals surface area contributed by atoms with Crippen molar-refractivity contribution < 1.29 is 9.53 Å². The first-order valence-corrected chi connectivity index (χ1v) is 11.2. The number of thiazole rings is 1. The molecular weight excluding hydrogens is 410 g/mol. The molecule has 0 aliphatic carbocycles. The molecule has 4 rings (SSSR count). The quantitative estimate of drug-likeness (QED) is 0.613. The van der Waals surface area contributed by atoms with Crippen molar-refractivity contribution in [1.82, 2.24) is 20.1 Å². The Bertz CT molecular complexity index is 1040. The number of nitrogens with one attached hydrogen (secondary N) is 1. The molecule has 0 saturated carbocycles. The van der Waals surface area contributed by atoms with Crippen LogP contribution in [0.1, 0.15) is 29.0 Å². The van der Waals surface area contributed by atoms with Crippen molar-refractivity contribution in [1.29, 1.82) is 0 Å². The number of nitrogens with zero attached hydrogens (tertiary/aromatic N) is 4. The first-order chi connectivity index (χ1) is 15.2. The molecule has 1 aliphatic heterocycles. The average Bonchev–Trinajstić information content (AvgIpc) is 3.20. The van der Waals surface area contributed by atoms with Crippen molar-refractivity contribution in [3.05, 3.63) is 69.8 Å². The van der Waals surface area contributed by atoms with Crippen LogP contribution >= 0.6 is 11.3 Å². The fraction of sp³-hybridized carbons (Fsp3) is 0.304. The van der Waals surface area contributed by atoms with Crippen LogP contribution in [0.5, 0.6) is 5.75 Å². The number of likely N-dealkylation sites (tertiary alicyclic amines) is 1. The molecule has 2 aromatic heterocycles. The fourth-order valence-electron chi connectivity index (χ4n) is 3.46. The number of urea groups is 1. The standard InChI is InChI=1S/C23H25N5O2S/c1-17-21(31-16-24-17)9-13-30-20-5-2-4-19(15-20)14-18-7-11-28(12-8-18)23(29)26-22-6-3-10-25-27-22/h2-6,10,14-16H,7-9,11-13H2,1H3,(H,26,27,29). The van der Waals surface area contributed by atoms with Gasteiger partial charge >= 0.3 is 6.03 Å². The predicted molar refractivity (Wildman–Crippen MR) is 122 cm³/mol. The zero-order valence-corrected chi connectivity index (χ0v) is 18.3. The van der Waals surface area contributed by atoms with Gasteiger partial charge in [0.2, 0.25) is 0 Å². The number of carbonyl (C=O) groups is 1. The highest BCUT2D eigenvalue weighted by Crippen LogP contribution is 2.22. The number of amides is 2. The Balaban J connectivity index is 1.28. The molecule has 160 valence electrons. The monoisotopic (exact) mass is 435 g/mol. The second kappa shape index (κ2) is 10.2. The molecule has 0 bridgehead atoms. The van der Waals surface area contributed by atoms with Gasteiger partial charge in [-0.3, -0.25) is 5.32 Å². The molecule has 3 heterocycles. The highest BCUT2D eigenvalue weighted by molar-refractivity contribution is 7.09. The molecule has 0 atom stereocenters. The second-order valence-electron chi connectivity index (χ2n) is 7.36. The van der Waals surface area contributed by atoms with Gasteiger partial charge in [-0.25, -0.2) is 9.78 Å². The molecule has 3 aromatic rings. The van der Waals surface area contributed by atoms with E-state index in [4.69, 9.17) is 4.74 Å². The molecule has 0 unspecified atom stereocenters. The SMILES string of the molecule is Cc1ncsc1CCOc1cccc(C=C2CCN(C(=O)Nc3cccnn3)CC2)c1. The van der Waals surface area contributed by atoms with Gasteiger partial charge < -0.3 is 9.64 Å². The van der Waals surface area contributed by atoms with Gasteiger partial charge in [0.05, 0.1) is 17.8 Å². The Kier molecular flexibility index (Phi) is 6.89. The number of anilines is 1. The number of hydrogen-bond acceptors (Lipinski definition) is 6. The van der Waals surface area contributed by atoms with Crippen LogP contribution in [-0.2, 0) is 6.42 Å². The van der Waals surface area contributed by atoms with Gasteiger partial charge in [-0.1, -0.05) is 23.8 Å². The summed E-state index contributed by atoms with van der Waals surface area (Å²) >= 11 is 1.67. The average molecular weight is 436 g/mol. The molecule has 1 aliphatic rings. The summed E-state index contributed by atoms with van der Waals surface area (Å²) in [6, 6.07) is 11.5. The molecule has 1 aromatic carbocycles. The lowest BCUT2D eigenvalue weighted by atomic mass is 10.0. The molecule has 0 spiro atoms. The minimum absolute atomic E-state index is 0.133. The van der Waals surface area contributed by atoms with Crippen molar-refractivity contribution >= 4 is 29.3 Å². The summed E-state index contributed by atoms with van der Waals surface area (Å²) in [5.74, 6) is 1.34. The maximum atomic E-state index is 12.4. The molecule has 2 amide bonds. The largest absolute Gasteiger partial charge is 0.493 e. The lowest BCUT2D eigenvalue weighted by molar-refractivity contribution is 0.207. The summed E-state index contributed by atoms with van der Waals surface area (Å²) < 4.78 is 5.95. The van der Waals surface area contributed by atoms with Crippen LogP contribution in [0.15, 0.2) is 53.7 Å². The van der Waals surface area contributed by atoms with Crippen LogP contribution in [0.25, 0.3) is 6.08 Å². The van der Waals surface area contributed by atoms with E-state index in [1.165, 1.54) is 10.5 Å². The number of ether oxygens (including phenoxy) is 1. The summed E-state index contributed by atoms with van der Waals surface area (Å²) in [5.41, 5.74) is 5.42. The maximum absolute atomic E-state index is 12.4. The first-order valence-electron chi connectivity index (χ1n) is 10.3. The van der Waals surface area contributed by atoms with Gasteiger partial charge in [0.1, 0.15) is 5.75 Å². The molecule has 1 fully saturated rings. The van der Waals surface area contributed by atoms with Gasteiger partial charge in [0, 0.05) is 30.6 Å². The van der Waals surface area contributed by atoms with Gasteiger partial charge in [0.15, 0.2) is 5.82 Å². The van der Waals surface area contributed by atoms with E-state index in [2.05, 4.69) is 38.7 Å². The summed E-state index contributed by atoms with van der Waals surface area (Å²) in [5, 5.41) is 10.5. The van der Waals surface area contributed by atoms with Crippen LogP contribution in [0.4, 0.5) is 10.6 Å². The first kappa shape index (κ1) is 21.0. The third-order valence-electron chi connectivity index (χ3n) is 5.17. The van der Waals surface area contributed by atoms with Crippen LogP contribution in [-0.4, -0.2) is 45.8 Å². The van der Waals surface area contributed by atoms with Crippen molar-refractivity contribution in [2.24, 2.45) is 0 Å². The Hall–Kier alpha value is -3.26. The molecule has 31 heavy (non-hydrogen) atoms. The Morgan fingerprint density at radius 2 is 2.13 bits per heavy atom. The number of aryl methyl sites for hydroxylation is 1. The normalized spacial score (nSPS) is 13.7. The summed E-state index contributed by atoms with van der Waals surface area (Å²) in [7, 11) is 0. The van der Waals surface area contributed by atoms with Crippen molar-refractivity contribution in [2.75, 3.05) is 25.0 Å². The third kappa shape index (κ3) is 5.88. The van der Waals surface area contributed by atoms with E-state index in [1.54, 1.807) is 29.7 Å². The topological polar surface area (TPSA) is 80.2 Å². The van der Waals surface area contributed by atoms with Gasteiger partial charge in [-0.2, -0.15) is 5.10 Å². The van der Waals surface area contributed by atoms with E-state index in [9.17, 15) is 4.79 Å². The Morgan fingerprint density at radius 3 is 2.87 bits per heavy atom. The van der Waals surface area contributed by atoms with E-state index in [1.807, 2.05) is 29.5 Å². The number of carbonyl (C=O) groups excluding carboxylic acids is 1. The molecule has 7 nitrogen and oxygen atoms in total. The van der Waals surface area contributed by atoms with E-state index in [-0.39, 0.29) is 6.03 Å². The minimum Gasteiger partial charge on any atom is -0.493 e. The van der Waals surface area contributed by atoms with Crippen LogP contribution < -0.4 is 10.1 Å². The van der Waals surface area contributed by atoms with E-state index in [0.717, 1.165) is 36.3 Å². The number of rotatable bonds is 6. The third-order valence-corrected chi connectivity index (χ3v) is 6.17. The van der Waals surface area contributed by atoms with Gasteiger partial charge in [-0.05, 0) is 49.6 Å². The number of piperidine rings is 1. The Morgan fingerprint density at radius 1 is 1.26 bits per heavy atom. The highest BCUT2D eigenvalue weighted by Gasteiger charge is 2.19. The van der Waals surface area contributed by atoms with Crippen LogP contribution in [0, 0.1) is 6.92 Å². The number of aromatic nitrogens is 3. The molecule has 0 radical (unpaired) electrons. The Labute approximate surface area is 185 Å². The second-order valence-corrected chi connectivity index (χ2v) is 8.30. The lowest BCUT2D eigenvalue weighted by Crippen LogP contribution is -2.39. The lowest BCUT2D eigenvalue weighted by Gasteiger charge is -2.28. The van der Waals surface area contributed by atoms with Gasteiger partial charge in [0.25, 0.3) is 0 Å². The maximum Gasteiger partial charge on any atom is 0.323 e. The predicted octanol–water partition coefficient (Wildman–Crippen LogP) is 4.57. The van der Waals surface area contributed by atoms with Crippen LogP contribution in [0.3, 0.4) is 0 Å². The van der Waals surface area contributed by atoms with Crippen molar-refractivity contribution in [3.63, 3.8) is 0 Å². The van der Waals surface area contributed by atoms with E-state index >= 15 is 0 Å². The van der Waals surface area contributed by atoms with Crippen molar-refractivity contribution in [3.8, 4) is 5.75 Å². The highest BCUT2D eigenvalue weighted by atomic mass is 32.1. The number of hydrogen-bond donors (Lipinski definition) is 1. The zero-order chi connectivity index (χ0) is 21.5. The summed E-state index contributed by atoms with van der Waals surface area (Å²) in [6.07, 6.45) is 6.36. The van der Waals surface area contributed by atoms with E-state index in [0.29, 0.717) is 25.5 Å². The molecule has 1 N–H and O–H groups in total. The molecular formula is C23H25N5O2S. The van der Waals surface area contributed by atoms with Gasteiger partial charge in [-0.15, -0.1) is 16.4 Å².